The Hall–Kier alpha value is -4.14. The molecular formula is C24H22O9. The first-order chi connectivity index (χ1) is 16.0. The lowest BCUT2D eigenvalue weighted by Crippen LogP contribution is -2.16. The largest absolute Gasteiger partial charge is 0.493 e. The first kappa shape index (κ1) is 22.1. The molecule has 0 spiro atoms. The van der Waals surface area contributed by atoms with E-state index in [-0.39, 0.29) is 17.9 Å². The summed E-state index contributed by atoms with van der Waals surface area (Å²) in [6, 6.07) is 5.20. The van der Waals surface area contributed by atoms with Crippen LogP contribution in [-0.2, 0) is 19.1 Å². The van der Waals surface area contributed by atoms with Gasteiger partial charge in [0.1, 0.15) is 0 Å². The third-order valence-electron chi connectivity index (χ3n) is 5.38. The highest BCUT2D eigenvalue weighted by Crippen LogP contribution is 2.51. The van der Waals surface area contributed by atoms with Crippen LogP contribution in [0.4, 0.5) is 0 Å². The SMILES string of the molecule is COC(=O)C1=C/c2cc3c(cc2-c2c(cc(OC)c(OC)c2OC)/C=C\1C(=O)OC)OCO3. The number of carbonyl (C=O) groups is 2. The molecule has 0 aromatic heterocycles. The van der Waals surface area contributed by atoms with Crippen molar-refractivity contribution in [1.82, 2.24) is 0 Å². The van der Waals surface area contributed by atoms with E-state index in [9.17, 15) is 9.59 Å². The molecule has 172 valence electrons. The van der Waals surface area contributed by atoms with Crippen LogP contribution in [0.1, 0.15) is 11.1 Å². The van der Waals surface area contributed by atoms with Gasteiger partial charge in [0, 0.05) is 5.56 Å². The predicted molar refractivity (Wildman–Crippen MR) is 118 cm³/mol. The van der Waals surface area contributed by atoms with Crippen molar-refractivity contribution in [2.75, 3.05) is 42.3 Å². The van der Waals surface area contributed by atoms with Gasteiger partial charge in [0.15, 0.2) is 23.0 Å². The number of methoxy groups -OCH3 is 5. The molecule has 0 fully saturated rings. The number of rotatable bonds is 5. The summed E-state index contributed by atoms with van der Waals surface area (Å²) in [7, 11) is 6.97. The fraction of sp³-hybridized carbons (Fsp3) is 0.250. The van der Waals surface area contributed by atoms with Gasteiger partial charge in [0.25, 0.3) is 0 Å². The molecule has 0 atom stereocenters. The van der Waals surface area contributed by atoms with Gasteiger partial charge < -0.3 is 33.2 Å². The van der Waals surface area contributed by atoms with Crippen molar-refractivity contribution in [3.8, 4) is 39.9 Å². The summed E-state index contributed by atoms with van der Waals surface area (Å²) < 4.78 is 37.8. The number of benzene rings is 2. The van der Waals surface area contributed by atoms with E-state index in [1.165, 1.54) is 41.6 Å². The number of carbonyl (C=O) groups excluding carboxylic acids is 2. The van der Waals surface area contributed by atoms with Crippen LogP contribution in [-0.4, -0.2) is 54.3 Å². The van der Waals surface area contributed by atoms with E-state index < -0.39 is 11.9 Å². The summed E-state index contributed by atoms with van der Waals surface area (Å²) in [5.41, 5.74) is 2.38. The molecule has 2 aromatic carbocycles. The van der Waals surface area contributed by atoms with Gasteiger partial charge in [0.05, 0.1) is 46.7 Å². The molecule has 1 heterocycles. The Labute approximate surface area is 190 Å². The maximum Gasteiger partial charge on any atom is 0.338 e. The number of hydrogen-bond donors (Lipinski definition) is 0. The second-order valence-electron chi connectivity index (χ2n) is 7.00. The molecule has 0 N–H and O–H groups in total. The average molecular weight is 454 g/mol. The minimum absolute atomic E-state index is 0.00295. The van der Waals surface area contributed by atoms with Gasteiger partial charge in [0.2, 0.25) is 12.5 Å². The van der Waals surface area contributed by atoms with E-state index in [0.717, 1.165) is 0 Å². The van der Waals surface area contributed by atoms with Gasteiger partial charge in [-0.3, -0.25) is 0 Å². The molecule has 1 aliphatic heterocycles. The third-order valence-corrected chi connectivity index (χ3v) is 5.38. The number of esters is 2. The summed E-state index contributed by atoms with van der Waals surface area (Å²) >= 11 is 0. The Morgan fingerprint density at radius 2 is 1.30 bits per heavy atom. The molecular weight excluding hydrogens is 432 g/mol. The van der Waals surface area contributed by atoms with Gasteiger partial charge in [-0.15, -0.1) is 0 Å². The van der Waals surface area contributed by atoms with Gasteiger partial charge >= 0.3 is 11.9 Å². The molecule has 0 radical (unpaired) electrons. The molecule has 9 heteroatoms. The maximum atomic E-state index is 12.7. The Balaban J connectivity index is 2.17. The van der Waals surface area contributed by atoms with Crippen molar-refractivity contribution in [2.24, 2.45) is 0 Å². The Bertz CT molecular complexity index is 1210. The Morgan fingerprint density at radius 3 is 1.85 bits per heavy atom. The lowest BCUT2D eigenvalue weighted by atomic mass is 9.87. The Kier molecular flexibility index (Phi) is 5.87. The monoisotopic (exact) mass is 454 g/mol. The normalized spacial score (nSPS) is 16.5. The van der Waals surface area contributed by atoms with E-state index >= 15 is 0 Å². The smallest absolute Gasteiger partial charge is 0.338 e. The molecule has 0 bridgehead atoms. The first-order valence-electron chi connectivity index (χ1n) is 9.84. The summed E-state index contributed by atoms with van der Waals surface area (Å²) in [6.07, 6.45) is 3.08. The highest BCUT2D eigenvalue weighted by Gasteiger charge is 2.31. The Morgan fingerprint density at radius 1 is 0.727 bits per heavy atom. The summed E-state index contributed by atoms with van der Waals surface area (Å²) in [5, 5.41) is 0. The molecule has 0 saturated carbocycles. The lowest BCUT2D eigenvalue weighted by Gasteiger charge is -2.22. The highest BCUT2D eigenvalue weighted by atomic mass is 16.7. The van der Waals surface area contributed by atoms with E-state index in [1.807, 2.05) is 0 Å². The third kappa shape index (κ3) is 3.61. The van der Waals surface area contributed by atoms with Crippen molar-refractivity contribution < 1.29 is 42.7 Å². The molecule has 0 amide bonds. The van der Waals surface area contributed by atoms with Crippen molar-refractivity contribution in [2.45, 2.75) is 0 Å². The molecule has 2 aliphatic rings. The van der Waals surface area contributed by atoms with E-state index in [4.69, 9.17) is 33.2 Å². The van der Waals surface area contributed by atoms with Crippen molar-refractivity contribution in [3.05, 3.63) is 40.5 Å². The zero-order valence-corrected chi connectivity index (χ0v) is 18.8. The number of hydrogen-bond acceptors (Lipinski definition) is 9. The van der Waals surface area contributed by atoms with Crippen LogP contribution < -0.4 is 23.7 Å². The molecule has 0 saturated heterocycles. The van der Waals surface area contributed by atoms with Crippen molar-refractivity contribution >= 4 is 24.1 Å². The average Bonchev–Trinajstić information content (AvgIpc) is 3.29. The van der Waals surface area contributed by atoms with Crippen LogP contribution in [0.3, 0.4) is 0 Å². The number of ether oxygens (including phenoxy) is 7. The van der Waals surface area contributed by atoms with Crippen molar-refractivity contribution in [1.29, 1.82) is 0 Å². The van der Waals surface area contributed by atoms with Gasteiger partial charge in [-0.2, -0.15) is 0 Å². The fourth-order valence-electron chi connectivity index (χ4n) is 3.88. The quantitative estimate of drug-likeness (QED) is 0.631. The van der Waals surface area contributed by atoms with Crippen LogP contribution in [0, 0.1) is 0 Å². The highest BCUT2D eigenvalue weighted by molar-refractivity contribution is 6.14. The molecule has 4 rings (SSSR count). The zero-order chi connectivity index (χ0) is 23.7. The zero-order valence-electron chi connectivity index (χ0n) is 18.8. The number of fused-ring (bicyclic) bond motifs is 4. The van der Waals surface area contributed by atoms with Crippen LogP contribution in [0.15, 0.2) is 29.3 Å². The molecule has 1 aliphatic carbocycles. The first-order valence-corrected chi connectivity index (χ1v) is 9.84. The summed E-state index contributed by atoms with van der Waals surface area (Å²) in [5.74, 6) is 0.735. The molecule has 9 nitrogen and oxygen atoms in total. The minimum Gasteiger partial charge on any atom is -0.493 e. The van der Waals surface area contributed by atoms with E-state index in [0.29, 0.717) is 51.0 Å². The lowest BCUT2D eigenvalue weighted by molar-refractivity contribution is -0.139. The summed E-state index contributed by atoms with van der Waals surface area (Å²) in [6.45, 7) is 0.0629. The van der Waals surface area contributed by atoms with E-state index in [2.05, 4.69) is 0 Å². The molecule has 0 unspecified atom stereocenters. The van der Waals surface area contributed by atoms with Crippen LogP contribution in [0.5, 0.6) is 28.7 Å². The predicted octanol–water partition coefficient (Wildman–Crippen LogP) is 3.23. The standard InChI is InChI=1S/C24H22O9/c1-27-19-9-13-7-16(24(26)31-5)15(23(25)30-4)6-12-8-17-18(33-11-32-17)10-14(12)20(13)22(29-3)21(19)28-2/h6-10H,11H2,1-5H3/b12-6?,13-7?,15-6+,16-7+,16-15?,20-14?. The van der Waals surface area contributed by atoms with Crippen LogP contribution in [0.25, 0.3) is 23.3 Å². The van der Waals surface area contributed by atoms with Crippen molar-refractivity contribution in [3.63, 3.8) is 0 Å². The topological polar surface area (TPSA) is 98.8 Å². The molecule has 33 heavy (non-hydrogen) atoms. The second kappa shape index (κ2) is 8.78. The second-order valence-corrected chi connectivity index (χ2v) is 7.00. The van der Waals surface area contributed by atoms with Crippen LogP contribution in [0.2, 0.25) is 0 Å². The van der Waals surface area contributed by atoms with Gasteiger partial charge in [-0.25, -0.2) is 9.59 Å². The van der Waals surface area contributed by atoms with Gasteiger partial charge in [-0.1, -0.05) is 0 Å². The van der Waals surface area contributed by atoms with Crippen LogP contribution >= 0.6 is 0 Å². The van der Waals surface area contributed by atoms with E-state index in [1.54, 1.807) is 24.3 Å². The minimum atomic E-state index is -0.712. The summed E-state index contributed by atoms with van der Waals surface area (Å²) in [4.78, 5) is 25.4. The van der Waals surface area contributed by atoms with Gasteiger partial charge in [-0.05, 0) is 47.0 Å². The maximum absolute atomic E-state index is 12.7. The molecule has 2 aromatic rings. The fourth-order valence-corrected chi connectivity index (χ4v) is 3.88.